The Morgan fingerprint density at radius 1 is 0.857 bits per heavy atom. The molecule has 3 aromatic carbocycles. The van der Waals surface area contributed by atoms with Gasteiger partial charge in [-0.2, -0.15) is 0 Å². The van der Waals surface area contributed by atoms with E-state index >= 15 is 0 Å². The predicted octanol–water partition coefficient (Wildman–Crippen LogP) is 5.76. The van der Waals surface area contributed by atoms with Crippen molar-refractivity contribution in [3.63, 3.8) is 0 Å². The van der Waals surface area contributed by atoms with E-state index < -0.39 is 17.6 Å². The molecule has 1 aliphatic heterocycles. The number of cyclic esters (lactones) is 2. The summed E-state index contributed by atoms with van der Waals surface area (Å²) in [5.41, 5.74) is 0.581. The van der Waals surface area contributed by atoms with Gasteiger partial charge < -0.3 is 24.3 Å². The topological polar surface area (TPSA) is 83.1 Å². The van der Waals surface area contributed by atoms with Crippen molar-refractivity contribution in [3.8, 4) is 23.0 Å². The lowest BCUT2D eigenvalue weighted by atomic mass is 9.93. The zero-order valence-corrected chi connectivity index (χ0v) is 19.9. The van der Waals surface area contributed by atoms with Crippen LogP contribution in [0.25, 0.3) is 0 Å². The fraction of sp³-hybridized carbons (Fsp3) is 0.286. The zero-order valence-electron chi connectivity index (χ0n) is 19.9. The molecule has 4 rings (SSSR count). The van der Waals surface area contributed by atoms with Gasteiger partial charge in [0.05, 0.1) is 13.2 Å². The molecule has 35 heavy (non-hydrogen) atoms. The molecule has 1 fully saturated rings. The first-order chi connectivity index (χ1) is 17.0. The monoisotopic (exact) mass is 475 g/mol. The van der Waals surface area contributed by atoms with Crippen LogP contribution in [-0.4, -0.2) is 25.3 Å². The first kappa shape index (κ1) is 24.1. The standard InChI is InChI=1S/C28H29NO6/c1-3-8-20-9-4-5-12-25(20)34-23-15-13-22(14-16-23)32-17-7-18-33-24-11-6-10-21(19-24)28(2)26(30)35-27(31)29-28/h4-6,9-16,19H,3,7-8,17-18H2,1-2H3,(H,29,31). The van der Waals surface area contributed by atoms with Gasteiger partial charge in [-0.05, 0) is 66.9 Å². The number of rotatable bonds is 11. The van der Waals surface area contributed by atoms with Crippen molar-refractivity contribution in [2.45, 2.75) is 38.6 Å². The molecule has 1 N–H and O–H groups in total. The van der Waals surface area contributed by atoms with Crippen molar-refractivity contribution in [3.05, 3.63) is 83.9 Å². The highest BCUT2D eigenvalue weighted by molar-refractivity contribution is 5.99. The molecule has 0 saturated carbocycles. The van der Waals surface area contributed by atoms with Crippen LogP contribution in [0.15, 0.2) is 72.8 Å². The molecule has 0 aromatic heterocycles. The van der Waals surface area contributed by atoms with Gasteiger partial charge in [-0.1, -0.05) is 43.7 Å². The van der Waals surface area contributed by atoms with Gasteiger partial charge in [-0.15, -0.1) is 0 Å². The Kier molecular flexibility index (Phi) is 7.55. The van der Waals surface area contributed by atoms with Crippen molar-refractivity contribution >= 4 is 12.1 Å². The number of hydrogen-bond acceptors (Lipinski definition) is 6. The Morgan fingerprint density at radius 3 is 2.29 bits per heavy atom. The molecule has 1 unspecified atom stereocenters. The average Bonchev–Trinajstić information content (AvgIpc) is 3.13. The highest BCUT2D eigenvalue weighted by atomic mass is 16.6. The molecule has 0 spiro atoms. The number of benzene rings is 3. The van der Waals surface area contributed by atoms with Gasteiger partial charge in [0.15, 0.2) is 5.54 Å². The predicted molar refractivity (Wildman–Crippen MR) is 131 cm³/mol. The molecule has 0 radical (unpaired) electrons. The normalized spacial score (nSPS) is 17.0. The van der Waals surface area contributed by atoms with Crippen molar-refractivity contribution in [1.29, 1.82) is 0 Å². The summed E-state index contributed by atoms with van der Waals surface area (Å²) < 4.78 is 22.3. The van der Waals surface area contributed by atoms with Crippen LogP contribution >= 0.6 is 0 Å². The van der Waals surface area contributed by atoms with Crippen LogP contribution < -0.4 is 19.5 Å². The molecule has 1 heterocycles. The smallest absolute Gasteiger partial charge is 0.416 e. The summed E-state index contributed by atoms with van der Waals surface area (Å²) in [5.74, 6) is 2.37. The van der Waals surface area contributed by atoms with Gasteiger partial charge in [0.2, 0.25) is 0 Å². The Hall–Kier alpha value is -4.00. The van der Waals surface area contributed by atoms with Crippen LogP contribution in [0.4, 0.5) is 4.79 Å². The van der Waals surface area contributed by atoms with Gasteiger partial charge in [0.1, 0.15) is 23.0 Å². The van der Waals surface area contributed by atoms with E-state index in [-0.39, 0.29) is 0 Å². The van der Waals surface area contributed by atoms with Crippen LogP contribution in [0.2, 0.25) is 0 Å². The SMILES string of the molecule is CCCc1ccccc1Oc1ccc(OCCCOc2cccc(C3(C)NC(=O)OC3=O)c2)cc1. The summed E-state index contributed by atoms with van der Waals surface area (Å²) in [7, 11) is 0. The molecule has 182 valence electrons. The third-order valence-electron chi connectivity index (χ3n) is 5.73. The maximum absolute atomic E-state index is 12.0. The van der Waals surface area contributed by atoms with Gasteiger partial charge >= 0.3 is 12.1 Å². The second-order valence-corrected chi connectivity index (χ2v) is 8.44. The largest absolute Gasteiger partial charge is 0.493 e. The van der Waals surface area contributed by atoms with Crippen LogP contribution in [0.1, 0.15) is 37.8 Å². The summed E-state index contributed by atoms with van der Waals surface area (Å²) in [6.07, 6.45) is 1.96. The number of alkyl carbamates (subject to hydrolysis) is 1. The van der Waals surface area contributed by atoms with Crippen molar-refractivity contribution in [2.75, 3.05) is 13.2 Å². The first-order valence-corrected chi connectivity index (χ1v) is 11.7. The van der Waals surface area contributed by atoms with E-state index in [1.165, 1.54) is 5.56 Å². The van der Waals surface area contributed by atoms with Gasteiger partial charge in [0, 0.05) is 6.42 Å². The molecular weight excluding hydrogens is 446 g/mol. The lowest BCUT2D eigenvalue weighted by molar-refractivity contribution is -0.139. The number of ether oxygens (including phenoxy) is 4. The molecule has 1 saturated heterocycles. The average molecular weight is 476 g/mol. The second kappa shape index (κ2) is 11.0. The number of esters is 1. The van der Waals surface area contributed by atoms with Crippen LogP contribution in [0.5, 0.6) is 23.0 Å². The molecule has 3 aromatic rings. The number of aryl methyl sites for hydroxylation is 1. The lowest BCUT2D eigenvalue weighted by Gasteiger charge is -2.20. The number of para-hydroxylation sites is 1. The van der Waals surface area contributed by atoms with Gasteiger partial charge in [-0.3, -0.25) is 0 Å². The molecule has 7 nitrogen and oxygen atoms in total. The van der Waals surface area contributed by atoms with E-state index in [0.717, 1.165) is 30.1 Å². The van der Waals surface area contributed by atoms with Crippen molar-refractivity contribution in [2.24, 2.45) is 0 Å². The molecule has 1 amide bonds. The summed E-state index contributed by atoms with van der Waals surface area (Å²) in [6, 6.07) is 22.7. The summed E-state index contributed by atoms with van der Waals surface area (Å²) >= 11 is 0. The van der Waals surface area contributed by atoms with E-state index in [2.05, 4.69) is 23.0 Å². The van der Waals surface area contributed by atoms with Gasteiger partial charge in [0.25, 0.3) is 0 Å². The minimum atomic E-state index is -1.21. The van der Waals surface area contributed by atoms with E-state index in [1.807, 2.05) is 42.5 Å². The van der Waals surface area contributed by atoms with E-state index in [1.54, 1.807) is 31.2 Å². The zero-order chi connectivity index (χ0) is 24.7. The Bertz CT molecular complexity index is 1180. The number of carbonyl (C=O) groups excluding carboxylic acids is 2. The lowest BCUT2D eigenvalue weighted by Crippen LogP contribution is -2.40. The van der Waals surface area contributed by atoms with Gasteiger partial charge in [-0.25, -0.2) is 9.59 Å². The number of carbonyl (C=O) groups is 2. The Morgan fingerprint density at radius 2 is 1.57 bits per heavy atom. The minimum absolute atomic E-state index is 0.437. The summed E-state index contributed by atoms with van der Waals surface area (Å²) in [5, 5.41) is 2.55. The Balaban J connectivity index is 1.23. The van der Waals surface area contributed by atoms with Crippen LogP contribution in [0.3, 0.4) is 0 Å². The van der Waals surface area contributed by atoms with Crippen molar-refractivity contribution < 1.29 is 28.5 Å². The van der Waals surface area contributed by atoms with E-state index in [0.29, 0.717) is 30.9 Å². The maximum Gasteiger partial charge on any atom is 0.416 e. The fourth-order valence-electron chi connectivity index (χ4n) is 3.80. The first-order valence-electron chi connectivity index (χ1n) is 11.7. The number of amides is 1. The quantitative estimate of drug-likeness (QED) is 0.216. The molecule has 1 aliphatic rings. The summed E-state index contributed by atoms with van der Waals surface area (Å²) in [4.78, 5) is 23.5. The molecule has 0 bridgehead atoms. The van der Waals surface area contributed by atoms with E-state index in [9.17, 15) is 9.59 Å². The van der Waals surface area contributed by atoms with Crippen molar-refractivity contribution in [1.82, 2.24) is 5.32 Å². The molecular formula is C28H29NO6. The second-order valence-electron chi connectivity index (χ2n) is 8.44. The van der Waals surface area contributed by atoms with E-state index in [4.69, 9.17) is 14.2 Å². The fourth-order valence-corrected chi connectivity index (χ4v) is 3.80. The number of nitrogens with one attached hydrogen (secondary N) is 1. The van der Waals surface area contributed by atoms with Crippen LogP contribution in [0, 0.1) is 0 Å². The minimum Gasteiger partial charge on any atom is -0.493 e. The molecule has 7 heteroatoms. The maximum atomic E-state index is 12.0. The summed E-state index contributed by atoms with van der Waals surface area (Å²) in [6.45, 7) is 4.68. The Labute approximate surface area is 205 Å². The number of hydrogen-bond donors (Lipinski definition) is 1. The third-order valence-corrected chi connectivity index (χ3v) is 5.73. The molecule has 1 atom stereocenters. The highest BCUT2D eigenvalue weighted by Crippen LogP contribution is 2.30. The van der Waals surface area contributed by atoms with Crippen LogP contribution in [-0.2, 0) is 21.5 Å². The highest BCUT2D eigenvalue weighted by Gasteiger charge is 2.46. The molecule has 0 aliphatic carbocycles. The third kappa shape index (κ3) is 5.93.